The molecule has 0 radical (unpaired) electrons. The van der Waals surface area contributed by atoms with Crippen LogP contribution in [-0.2, 0) is 10.8 Å². The average molecular weight is 414 g/mol. The van der Waals surface area contributed by atoms with Crippen molar-refractivity contribution in [3.63, 3.8) is 0 Å². The Kier molecular flexibility index (Phi) is 3.99. The van der Waals surface area contributed by atoms with Gasteiger partial charge < -0.3 is 14.0 Å². The molecule has 0 spiro atoms. The van der Waals surface area contributed by atoms with Crippen molar-refractivity contribution in [3.8, 4) is 5.69 Å². The third kappa shape index (κ3) is 2.61. The van der Waals surface area contributed by atoms with Crippen LogP contribution in [0, 0.1) is 6.33 Å². The quantitative estimate of drug-likeness (QED) is 0.321. The molecule has 31 heavy (non-hydrogen) atoms. The Balaban J connectivity index is 1.65. The Labute approximate surface area is 186 Å². The molecule has 1 aromatic heterocycles. The van der Waals surface area contributed by atoms with Gasteiger partial charge in [-0.3, -0.25) is 0 Å². The standard InChI is InChI=1S/C28H35N3/c1-27(2)16-17-28(3,4)24-20(27)14-15-23-26(24)29(5)21-12-9-13-22-25(21)31(23)18-30(22)19-10-7-6-8-11-19/h9,12-15,19H,6-8,10-11,16-17H2,1-5H3. The predicted molar refractivity (Wildman–Crippen MR) is 128 cm³/mol. The van der Waals surface area contributed by atoms with Crippen molar-refractivity contribution in [1.82, 2.24) is 4.57 Å². The molecule has 0 saturated heterocycles. The van der Waals surface area contributed by atoms with Gasteiger partial charge >= 0.3 is 0 Å². The number of hydrogen-bond acceptors (Lipinski definition) is 1. The maximum Gasteiger partial charge on any atom is 0.244 e. The third-order valence-electron chi connectivity index (χ3n) is 8.50. The molecule has 3 nitrogen and oxygen atoms in total. The number of benzene rings is 2. The van der Waals surface area contributed by atoms with Crippen molar-refractivity contribution >= 4 is 22.4 Å². The van der Waals surface area contributed by atoms with Crippen LogP contribution in [-0.4, -0.2) is 11.6 Å². The van der Waals surface area contributed by atoms with E-state index in [-0.39, 0.29) is 10.8 Å². The number of nitrogens with zero attached hydrogens (tertiary/aromatic N) is 3. The van der Waals surface area contributed by atoms with Crippen LogP contribution >= 0.6 is 0 Å². The number of rotatable bonds is 1. The Bertz CT molecular complexity index is 1190. The van der Waals surface area contributed by atoms with Crippen LogP contribution in [0.2, 0.25) is 0 Å². The van der Waals surface area contributed by atoms with E-state index < -0.39 is 0 Å². The minimum Gasteiger partial charge on any atom is -0.353 e. The zero-order valence-electron chi connectivity index (χ0n) is 19.8. The fraction of sp³-hybridized carbons (Fsp3) is 0.536. The van der Waals surface area contributed by atoms with Crippen molar-refractivity contribution in [2.24, 2.45) is 0 Å². The lowest BCUT2D eigenvalue weighted by molar-refractivity contribution is -0.573. The van der Waals surface area contributed by atoms with Gasteiger partial charge in [-0.15, -0.1) is 0 Å². The normalized spacial score (nSPS) is 21.8. The smallest absolute Gasteiger partial charge is 0.244 e. The van der Waals surface area contributed by atoms with Crippen molar-refractivity contribution in [2.45, 2.75) is 89.5 Å². The molecule has 0 bridgehead atoms. The fourth-order valence-corrected chi connectivity index (χ4v) is 6.57. The maximum atomic E-state index is 3.84. The highest BCUT2D eigenvalue weighted by Crippen LogP contribution is 2.52. The van der Waals surface area contributed by atoms with Gasteiger partial charge in [0.05, 0.1) is 22.8 Å². The minimum absolute atomic E-state index is 0.169. The summed E-state index contributed by atoms with van der Waals surface area (Å²) < 4.78 is 4.85. The number of anilines is 2. The van der Waals surface area contributed by atoms with Crippen LogP contribution in [0.15, 0.2) is 30.3 Å². The van der Waals surface area contributed by atoms with Gasteiger partial charge in [0.15, 0.2) is 0 Å². The molecule has 3 aromatic rings. The first kappa shape index (κ1) is 19.4. The Morgan fingerprint density at radius 2 is 1.68 bits per heavy atom. The molecule has 2 heterocycles. The second-order valence-corrected chi connectivity index (χ2v) is 11.4. The van der Waals surface area contributed by atoms with E-state index >= 15 is 0 Å². The highest BCUT2D eigenvalue weighted by molar-refractivity contribution is 5.93. The van der Waals surface area contributed by atoms with Gasteiger partial charge in [-0.1, -0.05) is 58.4 Å². The summed E-state index contributed by atoms with van der Waals surface area (Å²) in [6.45, 7) is 9.71. The lowest BCUT2D eigenvalue weighted by atomic mass is 9.62. The molecule has 1 aliphatic heterocycles. The third-order valence-corrected chi connectivity index (χ3v) is 8.50. The number of imidazole rings is 1. The molecule has 1 fully saturated rings. The van der Waals surface area contributed by atoms with Gasteiger partial charge in [-0.05, 0) is 66.5 Å². The van der Waals surface area contributed by atoms with E-state index in [1.54, 1.807) is 0 Å². The predicted octanol–water partition coefficient (Wildman–Crippen LogP) is 6.65. The van der Waals surface area contributed by atoms with Crippen molar-refractivity contribution in [3.05, 3.63) is 47.8 Å². The Morgan fingerprint density at radius 1 is 0.935 bits per heavy atom. The molecular formula is C28H35N3. The summed E-state index contributed by atoms with van der Waals surface area (Å²) in [5.74, 6) is 0. The summed E-state index contributed by atoms with van der Waals surface area (Å²) in [7, 11) is 2.27. The molecule has 1 saturated carbocycles. The van der Waals surface area contributed by atoms with Gasteiger partial charge in [-0.25, -0.2) is 0 Å². The summed E-state index contributed by atoms with van der Waals surface area (Å²) in [5.41, 5.74) is 10.1. The first-order valence-electron chi connectivity index (χ1n) is 12.2. The topological polar surface area (TPSA) is 12.1 Å². The molecule has 0 amide bonds. The van der Waals surface area contributed by atoms with Gasteiger partial charge in [0.25, 0.3) is 0 Å². The highest BCUT2D eigenvalue weighted by atomic mass is 15.2. The molecule has 6 rings (SSSR count). The average Bonchev–Trinajstić information content (AvgIpc) is 3.16. The molecule has 0 atom stereocenters. The SMILES string of the molecule is CN1c2c(ccc3c2C(C)(C)CCC3(C)C)-[n+]2[c-]n(C3CCCCC3)c3cccc1c32. The summed E-state index contributed by atoms with van der Waals surface area (Å²) in [4.78, 5) is 2.47. The van der Waals surface area contributed by atoms with Crippen molar-refractivity contribution < 1.29 is 4.57 Å². The summed E-state index contributed by atoms with van der Waals surface area (Å²) in [5, 5.41) is 0. The van der Waals surface area contributed by atoms with Gasteiger partial charge in [0.2, 0.25) is 6.33 Å². The van der Waals surface area contributed by atoms with Crippen LogP contribution in [0.3, 0.4) is 0 Å². The fourth-order valence-electron chi connectivity index (χ4n) is 6.57. The Hall–Kier alpha value is -2.29. The van der Waals surface area contributed by atoms with E-state index in [0.29, 0.717) is 6.04 Å². The summed E-state index contributed by atoms with van der Waals surface area (Å²) in [6.07, 6.45) is 12.9. The van der Waals surface area contributed by atoms with E-state index in [9.17, 15) is 0 Å². The van der Waals surface area contributed by atoms with Gasteiger partial charge in [0.1, 0.15) is 0 Å². The first-order valence-corrected chi connectivity index (χ1v) is 12.2. The van der Waals surface area contributed by atoms with E-state index in [4.69, 9.17) is 0 Å². The summed E-state index contributed by atoms with van der Waals surface area (Å²) >= 11 is 0. The van der Waals surface area contributed by atoms with Crippen LogP contribution in [0.1, 0.15) is 89.8 Å². The molecule has 3 aliphatic rings. The molecule has 0 N–H and O–H groups in total. The number of fused-ring (bicyclic) bond motifs is 4. The molecule has 3 heteroatoms. The minimum atomic E-state index is 0.169. The van der Waals surface area contributed by atoms with Crippen LogP contribution in [0.5, 0.6) is 0 Å². The maximum absolute atomic E-state index is 3.84. The largest absolute Gasteiger partial charge is 0.353 e. The molecule has 0 unspecified atom stereocenters. The van der Waals surface area contributed by atoms with Crippen LogP contribution in [0.4, 0.5) is 11.4 Å². The zero-order chi connectivity index (χ0) is 21.5. The lowest BCUT2D eigenvalue weighted by Gasteiger charge is -2.46. The lowest BCUT2D eigenvalue weighted by Crippen LogP contribution is -2.41. The number of aromatic nitrogens is 2. The highest BCUT2D eigenvalue weighted by Gasteiger charge is 2.41. The zero-order valence-corrected chi connectivity index (χ0v) is 19.8. The van der Waals surface area contributed by atoms with Gasteiger partial charge in [0, 0.05) is 18.4 Å². The van der Waals surface area contributed by atoms with E-state index in [0.717, 1.165) is 0 Å². The number of hydrogen-bond donors (Lipinski definition) is 0. The molecule has 2 aromatic carbocycles. The molecule has 162 valence electrons. The second kappa shape index (κ2) is 6.37. The Morgan fingerprint density at radius 3 is 2.45 bits per heavy atom. The number of para-hydroxylation sites is 1. The van der Waals surface area contributed by atoms with Crippen molar-refractivity contribution in [2.75, 3.05) is 11.9 Å². The van der Waals surface area contributed by atoms with E-state index in [1.165, 1.54) is 84.2 Å². The molecule has 2 aliphatic carbocycles. The van der Waals surface area contributed by atoms with Crippen LogP contribution < -0.4 is 9.47 Å². The second-order valence-electron chi connectivity index (χ2n) is 11.4. The van der Waals surface area contributed by atoms with Gasteiger partial charge in [-0.2, -0.15) is 0 Å². The van der Waals surface area contributed by atoms with Crippen molar-refractivity contribution in [1.29, 1.82) is 0 Å². The van der Waals surface area contributed by atoms with E-state index in [2.05, 4.69) is 85.4 Å². The first-order chi connectivity index (χ1) is 14.8. The van der Waals surface area contributed by atoms with Crippen LogP contribution in [0.25, 0.3) is 16.7 Å². The van der Waals surface area contributed by atoms with E-state index in [1.807, 2.05) is 0 Å². The molecular weight excluding hydrogens is 378 g/mol. The monoisotopic (exact) mass is 413 g/mol. The summed E-state index contributed by atoms with van der Waals surface area (Å²) in [6, 6.07) is 12.2.